The fraction of sp³-hybridized carbons (Fsp3) is 0.571. The number of carboxylic acid groups (broad SMARTS) is 2. The molecule has 6 heteroatoms. The van der Waals surface area contributed by atoms with Gasteiger partial charge in [0.2, 0.25) is 0 Å². The Bertz CT molecular complexity index is 225. The maximum Gasteiger partial charge on any atom is 0.307 e. The summed E-state index contributed by atoms with van der Waals surface area (Å²) in [6.45, 7) is 0. The van der Waals surface area contributed by atoms with E-state index in [0.717, 1.165) is 0 Å². The average molecular weight is 253 g/mol. The van der Waals surface area contributed by atoms with E-state index in [1.165, 1.54) is 0 Å². The molecule has 0 radical (unpaired) electrons. The molecule has 0 spiro atoms. The Morgan fingerprint density at radius 1 is 1.15 bits per heavy atom. The third kappa shape index (κ3) is 5.35. The van der Waals surface area contributed by atoms with Crippen molar-refractivity contribution in [2.75, 3.05) is 5.33 Å². The van der Waals surface area contributed by atoms with Crippen molar-refractivity contribution in [3.05, 3.63) is 0 Å². The van der Waals surface area contributed by atoms with Gasteiger partial charge in [0, 0.05) is 6.42 Å². The molecule has 0 saturated carbocycles. The second-order valence-electron chi connectivity index (χ2n) is 2.51. The molecule has 0 aromatic carbocycles. The highest BCUT2D eigenvalue weighted by Crippen LogP contribution is 2.10. The van der Waals surface area contributed by atoms with Gasteiger partial charge in [-0.3, -0.25) is 14.4 Å². The van der Waals surface area contributed by atoms with E-state index in [1.54, 1.807) is 0 Å². The SMILES string of the molecule is O=C(O)C[C@H](CC(=O)CBr)C(=O)O. The number of carbonyl (C=O) groups excluding carboxylic acids is 1. The van der Waals surface area contributed by atoms with Crippen molar-refractivity contribution in [1.29, 1.82) is 0 Å². The molecule has 0 saturated heterocycles. The van der Waals surface area contributed by atoms with E-state index >= 15 is 0 Å². The van der Waals surface area contributed by atoms with E-state index in [1.807, 2.05) is 0 Å². The fourth-order valence-electron chi connectivity index (χ4n) is 0.787. The molecule has 0 rings (SSSR count). The van der Waals surface area contributed by atoms with Crippen molar-refractivity contribution >= 4 is 33.7 Å². The highest BCUT2D eigenvalue weighted by atomic mass is 79.9. The Morgan fingerprint density at radius 3 is 2.00 bits per heavy atom. The minimum Gasteiger partial charge on any atom is -0.481 e. The first-order valence-corrected chi connectivity index (χ1v) is 4.61. The number of carboxylic acids is 2. The molecule has 5 nitrogen and oxygen atoms in total. The van der Waals surface area contributed by atoms with Gasteiger partial charge in [0.05, 0.1) is 17.7 Å². The van der Waals surface area contributed by atoms with Gasteiger partial charge < -0.3 is 10.2 Å². The van der Waals surface area contributed by atoms with Crippen LogP contribution in [0.2, 0.25) is 0 Å². The first kappa shape index (κ1) is 12.1. The van der Waals surface area contributed by atoms with E-state index in [9.17, 15) is 14.4 Å². The standard InChI is InChI=1S/C7H9BrO5/c8-3-5(9)1-4(7(12)13)2-6(10)11/h4H,1-3H2,(H,10,11)(H,12,13)/t4-/m0/s1. The minimum atomic E-state index is -1.25. The first-order chi connectivity index (χ1) is 5.97. The summed E-state index contributed by atoms with van der Waals surface area (Å²) >= 11 is 2.87. The van der Waals surface area contributed by atoms with Crippen molar-refractivity contribution in [2.45, 2.75) is 12.8 Å². The number of Topliss-reactive ketones (excluding diaryl/α,β-unsaturated/α-hetero) is 1. The molecule has 0 aromatic heterocycles. The molecule has 13 heavy (non-hydrogen) atoms. The minimum absolute atomic E-state index is 0.0520. The van der Waals surface area contributed by atoms with Crippen LogP contribution in [0.15, 0.2) is 0 Å². The van der Waals surface area contributed by atoms with Crippen molar-refractivity contribution in [3.63, 3.8) is 0 Å². The third-order valence-electron chi connectivity index (χ3n) is 1.39. The van der Waals surface area contributed by atoms with Gasteiger partial charge in [0.1, 0.15) is 5.78 Å². The third-order valence-corrected chi connectivity index (χ3v) is 2.02. The predicted octanol–water partition coefficient (Wildman–Crippen LogP) is 0.516. The van der Waals surface area contributed by atoms with E-state index in [-0.39, 0.29) is 17.5 Å². The molecule has 0 unspecified atom stereocenters. The van der Waals surface area contributed by atoms with Crippen LogP contribution in [-0.4, -0.2) is 33.3 Å². The lowest BCUT2D eigenvalue weighted by atomic mass is 10.00. The fourth-order valence-corrected chi connectivity index (χ4v) is 1.02. The second-order valence-corrected chi connectivity index (χ2v) is 3.07. The van der Waals surface area contributed by atoms with Gasteiger partial charge >= 0.3 is 11.9 Å². The molecule has 0 aliphatic rings. The maximum absolute atomic E-state index is 10.8. The van der Waals surface area contributed by atoms with Crippen LogP contribution in [-0.2, 0) is 14.4 Å². The lowest BCUT2D eigenvalue weighted by molar-refractivity contribution is -0.149. The van der Waals surface area contributed by atoms with Crippen LogP contribution in [0.1, 0.15) is 12.8 Å². The topological polar surface area (TPSA) is 91.7 Å². The van der Waals surface area contributed by atoms with Gasteiger partial charge in [-0.15, -0.1) is 0 Å². The van der Waals surface area contributed by atoms with Crippen LogP contribution < -0.4 is 0 Å². The van der Waals surface area contributed by atoms with Gasteiger partial charge in [-0.2, -0.15) is 0 Å². The summed E-state index contributed by atoms with van der Waals surface area (Å²) in [6.07, 6.45) is -0.763. The van der Waals surface area contributed by atoms with Gasteiger partial charge in [-0.25, -0.2) is 0 Å². The van der Waals surface area contributed by atoms with E-state index in [0.29, 0.717) is 0 Å². The molecule has 0 aromatic rings. The molecular weight excluding hydrogens is 244 g/mol. The van der Waals surface area contributed by atoms with Crippen LogP contribution in [0, 0.1) is 5.92 Å². The maximum atomic E-state index is 10.8. The Kier molecular flexibility index (Phi) is 5.29. The van der Waals surface area contributed by atoms with Gasteiger partial charge in [-0.05, 0) is 0 Å². The largest absolute Gasteiger partial charge is 0.481 e. The van der Waals surface area contributed by atoms with Gasteiger partial charge in [-0.1, -0.05) is 15.9 Å². The summed E-state index contributed by atoms with van der Waals surface area (Å²) in [5.74, 6) is -3.90. The number of alkyl halides is 1. The van der Waals surface area contributed by atoms with Crippen molar-refractivity contribution in [1.82, 2.24) is 0 Å². The quantitative estimate of drug-likeness (QED) is 0.673. The Morgan fingerprint density at radius 2 is 1.69 bits per heavy atom. The van der Waals surface area contributed by atoms with Gasteiger partial charge in [0.15, 0.2) is 0 Å². The summed E-state index contributed by atoms with van der Waals surface area (Å²) < 4.78 is 0. The van der Waals surface area contributed by atoms with Crippen LogP contribution in [0.25, 0.3) is 0 Å². The van der Waals surface area contributed by atoms with Crippen LogP contribution in [0.4, 0.5) is 0 Å². The number of aliphatic carboxylic acids is 2. The molecule has 0 aliphatic carbocycles. The van der Waals surface area contributed by atoms with Crippen LogP contribution >= 0.6 is 15.9 Å². The van der Waals surface area contributed by atoms with E-state index < -0.39 is 24.3 Å². The molecule has 0 heterocycles. The van der Waals surface area contributed by atoms with Crippen LogP contribution in [0.5, 0.6) is 0 Å². The van der Waals surface area contributed by atoms with Crippen molar-refractivity contribution in [3.8, 4) is 0 Å². The molecule has 74 valence electrons. The van der Waals surface area contributed by atoms with Crippen molar-refractivity contribution in [2.24, 2.45) is 5.92 Å². The number of ketones is 1. The monoisotopic (exact) mass is 252 g/mol. The Labute approximate surface area is 82.9 Å². The summed E-state index contributed by atoms with van der Waals surface area (Å²) in [4.78, 5) is 31.5. The zero-order valence-electron chi connectivity index (χ0n) is 6.70. The zero-order chi connectivity index (χ0) is 10.4. The Hall–Kier alpha value is -0.910. The highest BCUT2D eigenvalue weighted by molar-refractivity contribution is 9.09. The normalized spacial score (nSPS) is 12.1. The average Bonchev–Trinajstić information content (AvgIpc) is 2.02. The lowest BCUT2D eigenvalue weighted by Crippen LogP contribution is -2.21. The molecule has 0 aliphatic heterocycles. The predicted molar refractivity (Wildman–Crippen MR) is 46.8 cm³/mol. The summed E-state index contributed by atoms with van der Waals surface area (Å²) in [5, 5.41) is 16.9. The van der Waals surface area contributed by atoms with E-state index in [4.69, 9.17) is 10.2 Å². The smallest absolute Gasteiger partial charge is 0.307 e. The number of halogens is 1. The molecule has 0 amide bonds. The number of hydrogen-bond donors (Lipinski definition) is 2. The zero-order valence-corrected chi connectivity index (χ0v) is 8.28. The molecule has 2 N–H and O–H groups in total. The summed E-state index contributed by atoms with van der Waals surface area (Å²) in [6, 6.07) is 0. The number of rotatable bonds is 6. The van der Waals surface area contributed by atoms with Gasteiger partial charge in [0.25, 0.3) is 0 Å². The number of hydrogen-bond acceptors (Lipinski definition) is 3. The molecule has 1 atom stereocenters. The van der Waals surface area contributed by atoms with E-state index in [2.05, 4.69) is 15.9 Å². The van der Waals surface area contributed by atoms with Crippen molar-refractivity contribution < 1.29 is 24.6 Å². The highest BCUT2D eigenvalue weighted by Gasteiger charge is 2.23. The summed E-state index contributed by atoms with van der Waals surface area (Å²) in [7, 11) is 0. The Balaban J connectivity index is 4.18. The first-order valence-electron chi connectivity index (χ1n) is 3.49. The van der Waals surface area contributed by atoms with Crippen LogP contribution in [0.3, 0.4) is 0 Å². The molecule has 0 fully saturated rings. The molecular formula is C7H9BrO5. The molecule has 0 bridgehead atoms. The second kappa shape index (κ2) is 5.69. The summed E-state index contributed by atoms with van der Waals surface area (Å²) in [5.41, 5.74) is 0. The number of carbonyl (C=O) groups is 3. The lowest BCUT2D eigenvalue weighted by Gasteiger charge is -2.06.